The Kier molecular flexibility index (Phi) is 3.57. The summed E-state index contributed by atoms with van der Waals surface area (Å²) in [6, 6.07) is 8.61. The maximum absolute atomic E-state index is 6.48. The van der Waals surface area contributed by atoms with Gasteiger partial charge in [0.2, 0.25) is 0 Å². The molecule has 0 amide bonds. The molecular formula is C14H18N4S. The zero-order valence-electron chi connectivity index (χ0n) is 11.0. The fourth-order valence-corrected chi connectivity index (χ4v) is 3.76. The monoisotopic (exact) mass is 274 g/mol. The average Bonchev–Trinajstić information content (AvgIpc) is 2.75. The Morgan fingerprint density at radius 2 is 2.21 bits per heavy atom. The third-order valence-corrected chi connectivity index (χ3v) is 5.09. The Morgan fingerprint density at radius 3 is 3.00 bits per heavy atom. The lowest BCUT2D eigenvalue weighted by Gasteiger charge is -2.21. The molecule has 1 aromatic heterocycles. The van der Waals surface area contributed by atoms with Gasteiger partial charge in [0.15, 0.2) is 5.16 Å². The molecule has 2 atom stereocenters. The lowest BCUT2D eigenvalue weighted by molar-refractivity contribution is 0.627. The lowest BCUT2D eigenvalue weighted by Crippen LogP contribution is -2.23. The number of benzene rings is 1. The molecule has 1 aliphatic carbocycles. The normalized spacial score (nSPS) is 22.8. The molecule has 2 unspecified atom stereocenters. The molecule has 0 fully saturated rings. The number of thioether (sulfide) groups is 1. The van der Waals surface area contributed by atoms with Crippen molar-refractivity contribution in [1.29, 1.82) is 0 Å². The number of hydrogen-bond acceptors (Lipinski definition) is 4. The first-order chi connectivity index (χ1) is 9.25. The van der Waals surface area contributed by atoms with Gasteiger partial charge in [-0.25, -0.2) is 0 Å². The maximum atomic E-state index is 6.48. The number of aromatic nitrogens is 3. The Balaban J connectivity index is 1.86. The van der Waals surface area contributed by atoms with Crippen LogP contribution in [0.2, 0.25) is 0 Å². The molecule has 1 heterocycles. The van der Waals surface area contributed by atoms with Gasteiger partial charge in [0.05, 0.1) is 0 Å². The maximum Gasteiger partial charge on any atom is 0.191 e. The standard InChI is InChI=1S/C14H18N4S/c1-18-9-16-17-14(18)19-12-8-4-6-10-5-2-3-7-11(10)13(12)15/h2-3,5,7,9,12-13H,4,6,8,15H2,1H3. The molecule has 100 valence electrons. The summed E-state index contributed by atoms with van der Waals surface area (Å²) in [5.74, 6) is 0. The van der Waals surface area contributed by atoms with Gasteiger partial charge >= 0.3 is 0 Å². The van der Waals surface area contributed by atoms with E-state index in [-0.39, 0.29) is 6.04 Å². The quantitative estimate of drug-likeness (QED) is 0.854. The van der Waals surface area contributed by atoms with Crippen LogP contribution in [0.25, 0.3) is 0 Å². The minimum absolute atomic E-state index is 0.0698. The van der Waals surface area contributed by atoms with Gasteiger partial charge in [-0.1, -0.05) is 36.0 Å². The van der Waals surface area contributed by atoms with Gasteiger partial charge in [0.25, 0.3) is 0 Å². The summed E-state index contributed by atoms with van der Waals surface area (Å²) in [5, 5.41) is 9.39. The minimum atomic E-state index is 0.0698. The van der Waals surface area contributed by atoms with Crippen molar-refractivity contribution >= 4 is 11.8 Å². The van der Waals surface area contributed by atoms with Crippen molar-refractivity contribution in [1.82, 2.24) is 14.8 Å². The van der Waals surface area contributed by atoms with Crippen molar-refractivity contribution in [2.75, 3.05) is 0 Å². The van der Waals surface area contributed by atoms with Crippen LogP contribution in [0.15, 0.2) is 35.7 Å². The molecule has 2 N–H and O–H groups in total. The first-order valence-corrected chi connectivity index (χ1v) is 7.47. The van der Waals surface area contributed by atoms with Crippen LogP contribution in [-0.4, -0.2) is 20.0 Å². The molecule has 0 spiro atoms. The van der Waals surface area contributed by atoms with Gasteiger partial charge in [0, 0.05) is 18.3 Å². The largest absolute Gasteiger partial charge is 0.323 e. The van der Waals surface area contributed by atoms with Crippen LogP contribution in [0.4, 0.5) is 0 Å². The van der Waals surface area contributed by atoms with Crippen molar-refractivity contribution < 1.29 is 0 Å². The summed E-state index contributed by atoms with van der Waals surface area (Å²) in [6.45, 7) is 0. The van der Waals surface area contributed by atoms with Gasteiger partial charge < -0.3 is 10.3 Å². The summed E-state index contributed by atoms with van der Waals surface area (Å²) in [5.41, 5.74) is 9.17. The highest BCUT2D eigenvalue weighted by atomic mass is 32.2. The van der Waals surface area contributed by atoms with Crippen LogP contribution < -0.4 is 5.73 Å². The fourth-order valence-electron chi connectivity index (χ4n) is 2.61. The van der Waals surface area contributed by atoms with Crippen molar-refractivity contribution in [3.63, 3.8) is 0 Å². The van der Waals surface area contributed by atoms with Crippen molar-refractivity contribution in [3.05, 3.63) is 41.7 Å². The number of nitrogens with two attached hydrogens (primary N) is 1. The second-order valence-corrected chi connectivity index (χ2v) is 6.20. The third kappa shape index (κ3) is 2.53. The predicted octanol–water partition coefficient (Wildman–Crippen LogP) is 2.31. The number of nitrogens with zero attached hydrogens (tertiary/aromatic N) is 3. The van der Waals surface area contributed by atoms with Gasteiger partial charge in [0.1, 0.15) is 6.33 Å². The van der Waals surface area contributed by atoms with Crippen LogP contribution in [0.5, 0.6) is 0 Å². The number of aryl methyl sites for hydroxylation is 2. The first-order valence-electron chi connectivity index (χ1n) is 6.60. The van der Waals surface area contributed by atoms with E-state index < -0.39 is 0 Å². The van der Waals surface area contributed by atoms with Crippen molar-refractivity contribution in [2.24, 2.45) is 12.8 Å². The van der Waals surface area contributed by atoms with E-state index in [1.54, 1.807) is 18.1 Å². The number of rotatable bonds is 2. The summed E-state index contributed by atoms with van der Waals surface area (Å²) in [4.78, 5) is 0. The van der Waals surface area contributed by atoms with E-state index in [1.165, 1.54) is 17.5 Å². The highest BCUT2D eigenvalue weighted by Crippen LogP contribution is 2.36. The van der Waals surface area contributed by atoms with Crippen LogP contribution in [0.3, 0.4) is 0 Å². The van der Waals surface area contributed by atoms with E-state index in [0.29, 0.717) is 5.25 Å². The molecule has 0 radical (unpaired) electrons. The van der Waals surface area contributed by atoms with Gasteiger partial charge in [-0.05, 0) is 30.4 Å². The second kappa shape index (κ2) is 5.35. The highest BCUT2D eigenvalue weighted by molar-refractivity contribution is 7.99. The molecule has 2 aromatic rings. The average molecular weight is 274 g/mol. The molecule has 3 rings (SSSR count). The number of fused-ring (bicyclic) bond motifs is 1. The number of hydrogen-bond donors (Lipinski definition) is 1. The SMILES string of the molecule is Cn1cnnc1SC1CCCc2ccccc2C1N. The Labute approximate surface area is 117 Å². The van der Waals surface area contributed by atoms with Crippen LogP contribution >= 0.6 is 11.8 Å². The first kappa shape index (κ1) is 12.7. The Hall–Kier alpha value is -1.33. The molecule has 0 saturated carbocycles. The zero-order valence-corrected chi connectivity index (χ0v) is 11.8. The summed E-state index contributed by atoms with van der Waals surface area (Å²) in [6.07, 6.45) is 5.16. The van der Waals surface area contributed by atoms with Gasteiger partial charge in [-0.2, -0.15) is 0 Å². The molecule has 0 saturated heterocycles. The van der Waals surface area contributed by atoms with Crippen LogP contribution in [-0.2, 0) is 13.5 Å². The van der Waals surface area contributed by atoms with E-state index in [9.17, 15) is 0 Å². The summed E-state index contributed by atoms with van der Waals surface area (Å²) in [7, 11) is 1.97. The van der Waals surface area contributed by atoms with E-state index in [2.05, 4.69) is 34.5 Å². The smallest absolute Gasteiger partial charge is 0.191 e. The predicted molar refractivity (Wildman–Crippen MR) is 77.0 cm³/mol. The molecular weight excluding hydrogens is 256 g/mol. The Morgan fingerprint density at radius 1 is 1.37 bits per heavy atom. The summed E-state index contributed by atoms with van der Waals surface area (Å²) >= 11 is 1.75. The molecule has 0 bridgehead atoms. The van der Waals surface area contributed by atoms with E-state index in [1.807, 2.05) is 11.6 Å². The van der Waals surface area contributed by atoms with E-state index >= 15 is 0 Å². The topological polar surface area (TPSA) is 56.7 Å². The van der Waals surface area contributed by atoms with Crippen molar-refractivity contribution in [3.8, 4) is 0 Å². The van der Waals surface area contributed by atoms with Crippen LogP contribution in [0, 0.1) is 0 Å². The van der Waals surface area contributed by atoms with Gasteiger partial charge in [-0.15, -0.1) is 10.2 Å². The van der Waals surface area contributed by atoms with Crippen LogP contribution in [0.1, 0.15) is 30.0 Å². The molecule has 4 nitrogen and oxygen atoms in total. The fraction of sp³-hybridized carbons (Fsp3) is 0.429. The molecule has 19 heavy (non-hydrogen) atoms. The van der Waals surface area contributed by atoms with E-state index in [0.717, 1.165) is 18.0 Å². The lowest BCUT2D eigenvalue weighted by atomic mass is 10.00. The molecule has 1 aliphatic rings. The highest BCUT2D eigenvalue weighted by Gasteiger charge is 2.26. The molecule has 1 aromatic carbocycles. The minimum Gasteiger partial charge on any atom is -0.323 e. The van der Waals surface area contributed by atoms with Gasteiger partial charge in [-0.3, -0.25) is 0 Å². The van der Waals surface area contributed by atoms with E-state index in [4.69, 9.17) is 5.73 Å². The molecule has 0 aliphatic heterocycles. The third-order valence-electron chi connectivity index (χ3n) is 3.68. The second-order valence-electron chi connectivity index (χ2n) is 5.00. The van der Waals surface area contributed by atoms with Crippen molar-refractivity contribution in [2.45, 2.75) is 35.7 Å². The summed E-state index contributed by atoms with van der Waals surface area (Å²) < 4.78 is 1.95. The zero-order chi connectivity index (χ0) is 13.2. The Bertz CT molecular complexity index is 566. The molecule has 5 heteroatoms.